The summed E-state index contributed by atoms with van der Waals surface area (Å²) in [5.74, 6) is 0.871. The summed E-state index contributed by atoms with van der Waals surface area (Å²) < 4.78 is 41.3. The van der Waals surface area contributed by atoms with Crippen molar-refractivity contribution in [1.82, 2.24) is 19.6 Å². The molecule has 2 aromatic heterocycles. The van der Waals surface area contributed by atoms with Crippen LogP contribution in [0.25, 0.3) is 0 Å². The molecule has 5 nitrogen and oxygen atoms in total. The Morgan fingerprint density at radius 1 is 0.968 bits per heavy atom. The fourth-order valence-corrected chi connectivity index (χ4v) is 2.76. The van der Waals surface area contributed by atoms with Crippen molar-refractivity contribution in [2.45, 2.75) is 65.2 Å². The first-order valence-corrected chi connectivity index (χ1v) is 10.2. The van der Waals surface area contributed by atoms with Gasteiger partial charge in [-0.25, -0.2) is 0 Å². The second-order valence-electron chi connectivity index (χ2n) is 7.92. The second kappa shape index (κ2) is 10.8. The van der Waals surface area contributed by atoms with E-state index in [0.717, 1.165) is 17.7 Å². The highest BCUT2D eigenvalue weighted by Crippen LogP contribution is 2.29. The Morgan fingerprint density at radius 3 is 2.06 bits per heavy atom. The third-order valence-corrected chi connectivity index (χ3v) is 4.69. The van der Waals surface area contributed by atoms with Gasteiger partial charge in [-0.3, -0.25) is 9.36 Å². The van der Waals surface area contributed by atoms with Gasteiger partial charge in [0.1, 0.15) is 0 Å². The highest BCUT2D eigenvalue weighted by atomic mass is 19.4. The second-order valence-corrected chi connectivity index (χ2v) is 7.92. The van der Waals surface area contributed by atoms with E-state index < -0.39 is 11.7 Å². The van der Waals surface area contributed by atoms with Crippen molar-refractivity contribution in [2.75, 3.05) is 0 Å². The van der Waals surface area contributed by atoms with E-state index >= 15 is 0 Å². The van der Waals surface area contributed by atoms with Crippen LogP contribution in [0.15, 0.2) is 49.1 Å². The lowest BCUT2D eigenvalue weighted by atomic mass is 10.1. The van der Waals surface area contributed by atoms with Gasteiger partial charge in [0.25, 0.3) is 0 Å². The summed E-state index contributed by atoms with van der Waals surface area (Å²) >= 11 is 0. The summed E-state index contributed by atoms with van der Waals surface area (Å²) in [6.45, 7) is 9.40. The normalized spacial score (nSPS) is 11.4. The van der Waals surface area contributed by atoms with Crippen LogP contribution in [0.3, 0.4) is 0 Å². The first kappa shape index (κ1) is 24.2. The van der Waals surface area contributed by atoms with Crippen molar-refractivity contribution in [3.05, 3.63) is 71.3 Å². The first-order chi connectivity index (χ1) is 14.6. The van der Waals surface area contributed by atoms with E-state index in [1.54, 1.807) is 16.9 Å². The molecule has 8 heteroatoms. The first-order valence-electron chi connectivity index (χ1n) is 10.2. The van der Waals surface area contributed by atoms with Gasteiger partial charge in [0.15, 0.2) is 0 Å². The van der Waals surface area contributed by atoms with Gasteiger partial charge < -0.3 is 0 Å². The highest BCUT2D eigenvalue weighted by Gasteiger charge is 2.30. The van der Waals surface area contributed by atoms with Crippen LogP contribution in [0.4, 0.5) is 13.2 Å². The van der Waals surface area contributed by atoms with Crippen LogP contribution in [0.2, 0.25) is 0 Å². The van der Waals surface area contributed by atoms with Gasteiger partial charge in [0.2, 0.25) is 0 Å². The molecular formula is C23H28F3N5. The summed E-state index contributed by atoms with van der Waals surface area (Å²) in [5.41, 5.74) is 2.27. The van der Waals surface area contributed by atoms with E-state index in [2.05, 4.69) is 30.1 Å². The van der Waals surface area contributed by atoms with Gasteiger partial charge in [-0.15, -0.1) is 0 Å². The Balaban J connectivity index is 0.000000245. The summed E-state index contributed by atoms with van der Waals surface area (Å²) in [5, 5.41) is 16.7. The third-order valence-electron chi connectivity index (χ3n) is 4.69. The topological polar surface area (TPSA) is 59.4 Å². The zero-order valence-corrected chi connectivity index (χ0v) is 18.3. The molecule has 0 unspecified atom stereocenters. The molecule has 0 fully saturated rings. The maximum absolute atomic E-state index is 12.6. The van der Waals surface area contributed by atoms with Crippen LogP contribution in [0.1, 0.15) is 68.2 Å². The monoisotopic (exact) mass is 431 g/mol. The van der Waals surface area contributed by atoms with Crippen molar-refractivity contribution in [1.29, 1.82) is 5.26 Å². The molecule has 31 heavy (non-hydrogen) atoms. The lowest BCUT2D eigenvalue weighted by Crippen LogP contribution is -2.07. The van der Waals surface area contributed by atoms with Gasteiger partial charge in [-0.2, -0.15) is 28.6 Å². The van der Waals surface area contributed by atoms with Crippen molar-refractivity contribution in [3.63, 3.8) is 0 Å². The molecule has 0 aliphatic rings. The molecule has 2 heterocycles. The Hall–Kier alpha value is -3.08. The summed E-state index contributed by atoms with van der Waals surface area (Å²) in [7, 11) is 0. The quantitative estimate of drug-likeness (QED) is 0.481. The number of nitrogens with zero attached hydrogens (tertiary/aromatic N) is 5. The third kappa shape index (κ3) is 7.59. The van der Waals surface area contributed by atoms with Crippen molar-refractivity contribution in [2.24, 2.45) is 0 Å². The molecule has 0 saturated carbocycles. The molecule has 3 aromatic rings. The fraction of sp³-hybridized carbons (Fsp3) is 0.435. The zero-order valence-electron chi connectivity index (χ0n) is 18.3. The summed E-state index contributed by atoms with van der Waals surface area (Å²) in [6, 6.07) is 7.43. The number of halogens is 3. The molecule has 0 bridgehead atoms. The Labute approximate surface area is 181 Å². The van der Waals surface area contributed by atoms with Crippen LogP contribution in [0.5, 0.6) is 0 Å². The number of hydrogen-bond donors (Lipinski definition) is 0. The molecule has 0 amide bonds. The van der Waals surface area contributed by atoms with E-state index in [4.69, 9.17) is 5.26 Å². The Morgan fingerprint density at radius 2 is 1.55 bits per heavy atom. The number of hydrogen-bond acceptors (Lipinski definition) is 3. The van der Waals surface area contributed by atoms with Crippen molar-refractivity contribution in [3.8, 4) is 6.07 Å². The SMILES string of the molecule is CC(C)c1cnn(CCC#N)c1.CC(C)c1cnn(Cc2cccc(C(F)(F)F)c2)c1. The minimum absolute atomic E-state index is 0.344. The Kier molecular flexibility index (Phi) is 8.43. The smallest absolute Gasteiger partial charge is 0.271 e. The van der Waals surface area contributed by atoms with Crippen LogP contribution in [-0.4, -0.2) is 19.6 Å². The average molecular weight is 432 g/mol. The zero-order chi connectivity index (χ0) is 23.0. The van der Waals surface area contributed by atoms with Gasteiger partial charge in [-0.1, -0.05) is 39.8 Å². The summed E-state index contributed by atoms with van der Waals surface area (Å²) in [4.78, 5) is 0. The number of benzene rings is 1. The van der Waals surface area contributed by atoms with Crippen LogP contribution < -0.4 is 0 Å². The van der Waals surface area contributed by atoms with Crippen LogP contribution >= 0.6 is 0 Å². The highest BCUT2D eigenvalue weighted by molar-refractivity contribution is 5.26. The lowest BCUT2D eigenvalue weighted by molar-refractivity contribution is -0.137. The van der Waals surface area contributed by atoms with Gasteiger partial charge in [-0.05, 0) is 40.7 Å². The van der Waals surface area contributed by atoms with Crippen LogP contribution in [0, 0.1) is 11.3 Å². The number of alkyl halides is 3. The molecule has 0 aliphatic carbocycles. The minimum atomic E-state index is -4.30. The molecule has 0 spiro atoms. The van der Waals surface area contributed by atoms with E-state index in [9.17, 15) is 13.2 Å². The predicted molar refractivity (Wildman–Crippen MR) is 113 cm³/mol. The number of aryl methyl sites for hydroxylation is 1. The molecule has 1 aromatic carbocycles. The van der Waals surface area contributed by atoms with Crippen molar-refractivity contribution >= 4 is 0 Å². The number of rotatable bonds is 6. The van der Waals surface area contributed by atoms with Gasteiger partial charge in [0, 0.05) is 12.4 Å². The molecule has 3 rings (SSSR count). The van der Waals surface area contributed by atoms with E-state index in [-0.39, 0.29) is 0 Å². The maximum atomic E-state index is 12.6. The van der Waals surface area contributed by atoms with Gasteiger partial charge >= 0.3 is 6.18 Å². The standard InChI is InChI=1S/C14H15F3N2.C9H13N3/c1-10(2)12-7-18-19(9-12)8-11-4-3-5-13(6-11)14(15,16)17;1-8(2)9-6-11-12(7-9)5-3-4-10/h3-7,9-10H,8H2,1-2H3;6-8H,3,5H2,1-2H3. The van der Waals surface area contributed by atoms with Crippen LogP contribution in [-0.2, 0) is 19.3 Å². The van der Waals surface area contributed by atoms with E-state index in [0.29, 0.717) is 36.9 Å². The molecule has 0 saturated heterocycles. The van der Waals surface area contributed by atoms with E-state index in [1.807, 2.05) is 37.1 Å². The number of aromatic nitrogens is 4. The maximum Gasteiger partial charge on any atom is 0.416 e. The number of nitriles is 1. The predicted octanol–water partition coefficient (Wildman–Crippen LogP) is 5.99. The molecule has 166 valence electrons. The molecule has 0 aliphatic heterocycles. The van der Waals surface area contributed by atoms with E-state index in [1.165, 1.54) is 11.6 Å². The molecule has 0 N–H and O–H groups in total. The van der Waals surface area contributed by atoms with Crippen molar-refractivity contribution < 1.29 is 13.2 Å². The molecule has 0 radical (unpaired) electrons. The average Bonchev–Trinajstić information content (AvgIpc) is 3.36. The minimum Gasteiger partial charge on any atom is -0.271 e. The fourth-order valence-electron chi connectivity index (χ4n) is 2.76. The summed E-state index contributed by atoms with van der Waals surface area (Å²) in [6.07, 6.45) is 3.70. The largest absolute Gasteiger partial charge is 0.416 e. The molecular weight excluding hydrogens is 403 g/mol. The lowest BCUT2D eigenvalue weighted by Gasteiger charge is -2.08. The molecule has 0 atom stereocenters. The van der Waals surface area contributed by atoms with Gasteiger partial charge in [0.05, 0.1) is 43.5 Å². The Bertz CT molecular complexity index is 993.